The summed E-state index contributed by atoms with van der Waals surface area (Å²) >= 11 is 0. The van der Waals surface area contributed by atoms with Crippen molar-refractivity contribution in [3.05, 3.63) is 29.8 Å². The molecule has 0 aliphatic heterocycles. The molecule has 1 aliphatic rings. The summed E-state index contributed by atoms with van der Waals surface area (Å²) in [6.45, 7) is 0. The van der Waals surface area contributed by atoms with Crippen molar-refractivity contribution in [3.63, 3.8) is 0 Å². The maximum atomic E-state index is 12.5. The molecule has 0 N–H and O–H groups in total. The fourth-order valence-corrected chi connectivity index (χ4v) is 3.41. The quantitative estimate of drug-likeness (QED) is 0.796. The van der Waals surface area contributed by atoms with E-state index >= 15 is 0 Å². The van der Waals surface area contributed by atoms with Crippen molar-refractivity contribution in [2.24, 2.45) is 11.8 Å². The second-order valence-corrected chi connectivity index (χ2v) is 6.42. The van der Waals surface area contributed by atoms with Gasteiger partial charge in [-0.15, -0.1) is 0 Å². The number of rotatable bonds is 4. The molecular weight excluding hydrogens is 286 g/mol. The number of carbonyl (C=O) groups is 1. The molecule has 0 heterocycles. The van der Waals surface area contributed by atoms with Crippen LogP contribution in [0.2, 0.25) is 0 Å². The molecule has 2 atom stereocenters. The number of ketones is 1. The third-order valence-corrected chi connectivity index (χ3v) is 4.72. The van der Waals surface area contributed by atoms with Crippen LogP contribution in [0.5, 0.6) is 0 Å². The van der Waals surface area contributed by atoms with Gasteiger partial charge in [0.2, 0.25) is 0 Å². The largest absolute Gasteiger partial charge is 0.378 e. The number of nitrogens with zero attached hydrogens (tertiary/aromatic N) is 3. The molecule has 120 valence electrons. The molecule has 0 amide bonds. The molecule has 1 aromatic rings. The summed E-state index contributed by atoms with van der Waals surface area (Å²) in [5.74, 6) is -1.12. The molecule has 23 heavy (non-hydrogen) atoms. The Morgan fingerprint density at radius 3 is 2.30 bits per heavy atom. The SMILES string of the molecule is CN(C)c1ccc(C(C(C#N)C#N)C2CCCCCC2=O)cc1. The van der Waals surface area contributed by atoms with Gasteiger partial charge >= 0.3 is 0 Å². The van der Waals surface area contributed by atoms with Crippen molar-refractivity contribution in [1.82, 2.24) is 0 Å². The Labute approximate surface area is 138 Å². The van der Waals surface area contributed by atoms with Crippen LogP contribution in [0.15, 0.2) is 24.3 Å². The highest BCUT2D eigenvalue weighted by atomic mass is 16.1. The van der Waals surface area contributed by atoms with Crippen molar-refractivity contribution in [2.75, 3.05) is 19.0 Å². The Kier molecular flexibility index (Phi) is 5.77. The molecule has 2 rings (SSSR count). The van der Waals surface area contributed by atoms with Crippen molar-refractivity contribution >= 4 is 11.5 Å². The zero-order chi connectivity index (χ0) is 16.8. The van der Waals surface area contributed by atoms with E-state index in [1.165, 1.54) is 0 Å². The summed E-state index contributed by atoms with van der Waals surface area (Å²) in [6.07, 6.45) is 4.31. The second-order valence-electron chi connectivity index (χ2n) is 6.42. The van der Waals surface area contributed by atoms with Gasteiger partial charge in [0, 0.05) is 38.0 Å². The Hall–Kier alpha value is -2.33. The lowest BCUT2D eigenvalue weighted by atomic mass is 9.74. The van der Waals surface area contributed by atoms with Gasteiger partial charge < -0.3 is 4.90 Å². The van der Waals surface area contributed by atoms with E-state index in [9.17, 15) is 15.3 Å². The summed E-state index contributed by atoms with van der Waals surface area (Å²) in [7, 11) is 3.93. The number of nitriles is 2. The summed E-state index contributed by atoms with van der Waals surface area (Å²) in [5, 5.41) is 18.8. The lowest BCUT2D eigenvalue weighted by molar-refractivity contribution is -0.123. The van der Waals surface area contributed by atoms with Crippen LogP contribution in [0.25, 0.3) is 0 Å². The Bertz CT molecular complexity index is 608. The first-order chi connectivity index (χ1) is 11.1. The van der Waals surface area contributed by atoms with Crippen LogP contribution in [0, 0.1) is 34.5 Å². The summed E-state index contributed by atoms with van der Waals surface area (Å²) < 4.78 is 0. The van der Waals surface area contributed by atoms with Gasteiger partial charge in [0.25, 0.3) is 0 Å². The van der Waals surface area contributed by atoms with Crippen LogP contribution in [-0.2, 0) is 4.79 Å². The smallest absolute Gasteiger partial charge is 0.140 e. The molecule has 0 bridgehead atoms. The highest BCUT2D eigenvalue weighted by molar-refractivity contribution is 5.82. The van der Waals surface area contributed by atoms with Crippen LogP contribution in [0.3, 0.4) is 0 Å². The topological polar surface area (TPSA) is 67.9 Å². The monoisotopic (exact) mass is 309 g/mol. The van der Waals surface area contributed by atoms with Crippen LogP contribution in [-0.4, -0.2) is 19.9 Å². The average Bonchev–Trinajstić information content (AvgIpc) is 2.77. The van der Waals surface area contributed by atoms with E-state index in [0.29, 0.717) is 6.42 Å². The molecular formula is C19H23N3O. The number of hydrogen-bond acceptors (Lipinski definition) is 4. The van der Waals surface area contributed by atoms with Crippen LogP contribution in [0.4, 0.5) is 5.69 Å². The zero-order valence-electron chi connectivity index (χ0n) is 13.8. The van der Waals surface area contributed by atoms with Crippen molar-refractivity contribution in [2.45, 2.75) is 38.0 Å². The zero-order valence-corrected chi connectivity index (χ0v) is 13.8. The third kappa shape index (κ3) is 3.90. The molecule has 1 aromatic carbocycles. The van der Waals surface area contributed by atoms with Crippen molar-refractivity contribution in [1.29, 1.82) is 10.5 Å². The minimum atomic E-state index is -0.785. The van der Waals surface area contributed by atoms with Crippen molar-refractivity contribution in [3.8, 4) is 12.1 Å². The van der Waals surface area contributed by atoms with Gasteiger partial charge in [0.05, 0.1) is 12.1 Å². The standard InChI is InChI=1S/C19H23N3O/c1-22(2)16-10-8-14(9-11-16)19(15(12-20)13-21)17-6-4-3-5-7-18(17)23/h8-11,15,17,19H,3-7H2,1-2H3. The van der Waals surface area contributed by atoms with Gasteiger partial charge in [-0.1, -0.05) is 25.0 Å². The molecule has 1 aliphatic carbocycles. The van der Waals surface area contributed by atoms with E-state index in [0.717, 1.165) is 36.9 Å². The lowest BCUT2D eigenvalue weighted by Gasteiger charge is -2.26. The Morgan fingerprint density at radius 1 is 1.09 bits per heavy atom. The van der Waals surface area contributed by atoms with Crippen LogP contribution >= 0.6 is 0 Å². The molecule has 1 fully saturated rings. The Balaban J connectivity index is 2.39. The van der Waals surface area contributed by atoms with Crippen LogP contribution in [0.1, 0.15) is 43.6 Å². The second kappa shape index (κ2) is 7.79. The first-order valence-electron chi connectivity index (χ1n) is 8.17. The molecule has 4 heteroatoms. The van der Waals surface area contributed by atoms with Gasteiger partial charge in [-0.3, -0.25) is 4.79 Å². The molecule has 0 radical (unpaired) electrons. The first-order valence-corrected chi connectivity index (χ1v) is 8.17. The summed E-state index contributed by atoms with van der Waals surface area (Å²) in [6, 6.07) is 12.1. The minimum Gasteiger partial charge on any atom is -0.378 e. The molecule has 1 saturated carbocycles. The number of carbonyl (C=O) groups excluding carboxylic acids is 1. The number of anilines is 1. The predicted molar refractivity (Wildman–Crippen MR) is 89.8 cm³/mol. The first kappa shape index (κ1) is 17.0. The average molecular weight is 309 g/mol. The van der Waals surface area contributed by atoms with E-state index in [4.69, 9.17) is 0 Å². The van der Waals surface area contributed by atoms with E-state index in [1.807, 2.05) is 43.3 Å². The minimum absolute atomic E-state index is 0.208. The highest BCUT2D eigenvalue weighted by Gasteiger charge is 2.36. The maximum absolute atomic E-state index is 12.5. The van der Waals surface area contributed by atoms with E-state index in [1.54, 1.807) is 0 Å². The normalized spacial score (nSPS) is 19.5. The summed E-state index contributed by atoms with van der Waals surface area (Å²) in [4.78, 5) is 14.5. The van der Waals surface area contributed by atoms with Gasteiger partial charge in [-0.25, -0.2) is 0 Å². The lowest BCUT2D eigenvalue weighted by Crippen LogP contribution is -2.26. The van der Waals surface area contributed by atoms with Gasteiger partial charge in [0.1, 0.15) is 11.7 Å². The number of hydrogen-bond donors (Lipinski definition) is 0. The molecule has 0 aromatic heterocycles. The number of benzene rings is 1. The van der Waals surface area contributed by atoms with Crippen LogP contribution < -0.4 is 4.90 Å². The maximum Gasteiger partial charge on any atom is 0.140 e. The van der Waals surface area contributed by atoms with E-state index in [2.05, 4.69) is 12.1 Å². The molecule has 0 saturated heterocycles. The number of Topliss-reactive ketones (excluding diaryl/α,β-unsaturated/α-hetero) is 1. The van der Waals surface area contributed by atoms with E-state index in [-0.39, 0.29) is 17.6 Å². The fraction of sp³-hybridized carbons (Fsp3) is 0.526. The predicted octanol–water partition coefficient (Wildman–Crippen LogP) is 3.65. The van der Waals surface area contributed by atoms with Gasteiger partial charge in [-0.2, -0.15) is 10.5 Å². The third-order valence-electron chi connectivity index (χ3n) is 4.72. The van der Waals surface area contributed by atoms with Gasteiger partial charge in [-0.05, 0) is 30.5 Å². The van der Waals surface area contributed by atoms with E-state index < -0.39 is 5.92 Å². The highest BCUT2D eigenvalue weighted by Crippen LogP contribution is 2.38. The molecule has 2 unspecified atom stereocenters. The fourth-order valence-electron chi connectivity index (χ4n) is 3.41. The summed E-state index contributed by atoms with van der Waals surface area (Å²) in [5.41, 5.74) is 1.98. The molecule has 0 spiro atoms. The van der Waals surface area contributed by atoms with Crippen molar-refractivity contribution < 1.29 is 4.79 Å². The Morgan fingerprint density at radius 2 is 1.74 bits per heavy atom. The molecule has 4 nitrogen and oxygen atoms in total. The van der Waals surface area contributed by atoms with Gasteiger partial charge in [0.15, 0.2) is 0 Å².